The van der Waals surface area contributed by atoms with Crippen LogP contribution in [0.5, 0.6) is 0 Å². The lowest BCUT2D eigenvalue weighted by molar-refractivity contribution is 0.546. The van der Waals surface area contributed by atoms with E-state index in [0.29, 0.717) is 12.6 Å². The summed E-state index contributed by atoms with van der Waals surface area (Å²) in [6, 6.07) is 0.427. The Morgan fingerprint density at radius 2 is 2.11 bits per heavy atom. The van der Waals surface area contributed by atoms with Gasteiger partial charge in [-0.15, -0.1) is 0 Å². The van der Waals surface area contributed by atoms with E-state index < -0.39 is 0 Å². The normalized spacial score (nSPS) is 13.7. The molecule has 0 aromatic heterocycles. The molecule has 1 unspecified atom stereocenters. The van der Waals surface area contributed by atoms with Gasteiger partial charge in [-0.2, -0.15) is 0 Å². The molecular weight excluding hydrogens is 114 g/mol. The maximum absolute atomic E-state index is 5.36. The van der Waals surface area contributed by atoms with Crippen LogP contribution in [0, 0.1) is 0 Å². The summed E-state index contributed by atoms with van der Waals surface area (Å²) in [4.78, 5) is 0. The minimum absolute atomic E-state index is 0.427. The first-order valence-electron chi connectivity index (χ1n) is 3.44. The Morgan fingerprint density at radius 3 is 2.56 bits per heavy atom. The van der Waals surface area contributed by atoms with E-state index in [4.69, 9.17) is 11.5 Å². The minimum Gasteiger partial charge on any atom is -0.330 e. The van der Waals surface area contributed by atoms with Crippen LogP contribution in [0.25, 0.3) is 0 Å². The maximum atomic E-state index is 5.36. The molecule has 0 bridgehead atoms. The summed E-state index contributed by atoms with van der Waals surface area (Å²) in [5, 5.41) is 3.23. The molecule has 9 heavy (non-hydrogen) atoms. The summed E-state index contributed by atoms with van der Waals surface area (Å²) in [6.45, 7) is 4.50. The molecule has 0 aliphatic heterocycles. The van der Waals surface area contributed by atoms with Crippen molar-refractivity contribution in [1.82, 2.24) is 5.32 Å². The minimum atomic E-state index is 0.427. The van der Waals surface area contributed by atoms with Crippen LogP contribution >= 0.6 is 0 Å². The Labute approximate surface area is 56.8 Å². The van der Waals surface area contributed by atoms with Crippen LogP contribution in [0.1, 0.15) is 13.3 Å². The summed E-state index contributed by atoms with van der Waals surface area (Å²) in [5.74, 6) is 0. The topological polar surface area (TPSA) is 64.1 Å². The number of nitrogens with two attached hydrogens (primary N) is 2. The molecule has 5 N–H and O–H groups in total. The van der Waals surface area contributed by atoms with Gasteiger partial charge in [0.2, 0.25) is 0 Å². The van der Waals surface area contributed by atoms with Gasteiger partial charge >= 0.3 is 0 Å². The zero-order valence-electron chi connectivity index (χ0n) is 6.06. The van der Waals surface area contributed by atoms with Crippen LogP contribution in [0.2, 0.25) is 0 Å². The molecule has 0 aliphatic rings. The third-order valence-electron chi connectivity index (χ3n) is 1.23. The quantitative estimate of drug-likeness (QED) is 0.431. The van der Waals surface area contributed by atoms with Crippen molar-refractivity contribution in [2.24, 2.45) is 11.5 Å². The van der Waals surface area contributed by atoms with E-state index in [1.165, 1.54) is 0 Å². The molecule has 0 heterocycles. The second-order valence-corrected chi connectivity index (χ2v) is 2.23. The molecule has 0 saturated carbocycles. The Kier molecular flexibility index (Phi) is 5.93. The van der Waals surface area contributed by atoms with Crippen molar-refractivity contribution in [3.63, 3.8) is 0 Å². The molecule has 0 aromatic rings. The highest BCUT2D eigenvalue weighted by atomic mass is 14.9. The zero-order chi connectivity index (χ0) is 7.11. The van der Waals surface area contributed by atoms with Crippen molar-refractivity contribution in [3.05, 3.63) is 0 Å². The van der Waals surface area contributed by atoms with E-state index in [-0.39, 0.29) is 0 Å². The Balaban J connectivity index is 2.88. The van der Waals surface area contributed by atoms with Gasteiger partial charge in [0, 0.05) is 12.6 Å². The van der Waals surface area contributed by atoms with E-state index in [9.17, 15) is 0 Å². The highest BCUT2D eigenvalue weighted by molar-refractivity contribution is 4.59. The lowest BCUT2D eigenvalue weighted by atomic mass is 10.3. The molecule has 0 aromatic carbocycles. The molecular formula is C6H17N3. The fraction of sp³-hybridized carbons (Fsp3) is 1.00. The van der Waals surface area contributed by atoms with E-state index in [1.807, 2.05) is 0 Å². The van der Waals surface area contributed by atoms with Crippen LogP contribution in [0.3, 0.4) is 0 Å². The molecule has 0 aliphatic carbocycles. The van der Waals surface area contributed by atoms with E-state index in [2.05, 4.69) is 12.2 Å². The predicted molar refractivity (Wildman–Crippen MR) is 40.2 cm³/mol. The first-order valence-corrected chi connectivity index (χ1v) is 3.44. The molecule has 0 amide bonds. The van der Waals surface area contributed by atoms with Gasteiger partial charge in [-0.25, -0.2) is 0 Å². The van der Waals surface area contributed by atoms with Gasteiger partial charge in [0.15, 0.2) is 0 Å². The second-order valence-electron chi connectivity index (χ2n) is 2.23. The molecule has 0 fully saturated rings. The van der Waals surface area contributed by atoms with Crippen molar-refractivity contribution >= 4 is 0 Å². The summed E-state index contributed by atoms with van der Waals surface area (Å²) < 4.78 is 0. The first kappa shape index (κ1) is 8.88. The van der Waals surface area contributed by atoms with Gasteiger partial charge in [0.1, 0.15) is 0 Å². The van der Waals surface area contributed by atoms with Gasteiger partial charge in [-0.3, -0.25) is 0 Å². The molecule has 3 nitrogen and oxygen atoms in total. The standard InChI is InChI=1S/C6H17N3/c1-6(5-8)9-4-2-3-7/h6,9H,2-5,7-8H2,1H3. The molecule has 0 rings (SSSR count). The number of hydrogen-bond donors (Lipinski definition) is 3. The van der Waals surface area contributed by atoms with Gasteiger partial charge in [0.05, 0.1) is 0 Å². The predicted octanol–water partition coefficient (Wildman–Crippen LogP) is -0.728. The Bertz CT molecular complexity index is 56.3. The van der Waals surface area contributed by atoms with Gasteiger partial charge in [-0.05, 0) is 26.4 Å². The third kappa shape index (κ3) is 5.76. The summed E-state index contributed by atoms with van der Waals surface area (Å²) in [5.41, 5.74) is 10.6. The first-order chi connectivity index (χ1) is 4.31. The molecule has 0 radical (unpaired) electrons. The van der Waals surface area contributed by atoms with Crippen molar-refractivity contribution in [2.75, 3.05) is 19.6 Å². The van der Waals surface area contributed by atoms with Crippen LogP contribution in [-0.4, -0.2) is 25.7 Å². The van der Waals surface area contributed by atoms with Crippen LogP contribution in [0.4, 0.5) is 0 Å². The average molecular weight is 131 g/mol. The molecule has 3 heteroatoms. The largest absolute Gasteiger partial charge is 0.330 e. The van der Waals surface area contributed by atoms with Crippen molar-refractivity contribution in [3.8, 4) is 0 Å². The van der Waals surface area contributed by atoms with E-state index in [0.717, 1.165) is 19.5 Å². The van der Waals surface area contributed by atoms with Crippen LogP contribution < -0.4 is 16.8 Å². The number of nitrogens with one attached hydrogen (secondary N) is 1. The number of hydrogen-bond acceptors (Lipinski definition) is 3. The lowest BCUT2D eigenvalue weighted by Gasteiger charge is -2.09. The zero-order valence-corrected chi connectivity index (χ0v) is 6.06. The van der Waals surface area contributed by atoms with Crippen LogP contribution in [-0.2, 0) is 0 Å². The summed E-state index contributed by atoms with van der Waals surface area (Å²) >= 11 is 0. The highest BCUT2D eigenvalue weighted by Gasteiger charge is 1.93. The van der Waals surface area contributed by atoms with Crippen molar-refractivity contribution in [2.45, 2.75) is 19.4 Å². The molecule has 56 valence electrons. The molecule has 1 atom stereocenters. The Morgan fingerprint density at radius 1 is 1.44 bits per heavy atom. The van der Waals surface area contributed by atoms with Gasteiger partial charge in [0.25, 0.3) is 0 Å². The number of rotatable bonds is 5. The third-order valence-corrected chi connectivity index (χ3v) is 1.23. The fourth-order valence-corrected chi connectivity index (χ4v) is 0.534. The Hall–Kier alpha value is -0.120. The molecule has 0 saturated heterocycles. The van der Waals surface area contributed by atoms with Gasteiger partial charge in [-0.1, -0.05) is 0 Å². The molecule has 0 spiro atoms. The highest BCUT2D eigenvalue weighted by Crippen LogP contribution is 1.76. The van der Waals surface area contributed by atoms with Crippen LogP contribution in [0.15, 0.2) is 0 Å². The van der Waals surface area contributed by atoms with Crippen molar-refractivity contribution in [1.29, 1.82) is 0 Å². The SMILES string of the molecule is CC(CN)NCCCN. The fourth-order valence-electron chi connectivity index (χ4n) is 0.534. The van der Waals surface area contributed by atoms with E-state index in [1.54, 1.807) is 0 Å². The summed E-state index contributed by atoms with van der Waals surface area (Å²) in [7, 11) is 0. The summed E-state index contributed by atoms with van der Waals surface area (Å²) in [6.07, 6.45) is 1.03. The van der Waals surface area contributed by atoms with Gasteiger partial charge < -0.3 is 16.8 Å². The average Bonchev–Trinajstić information content (AvgIpc) is 1.89. The smallest absolute Gasteiger partial charge is 0.0161 e. The second kappa shape index (κ2) is 6.01. The monoisotopic (exact) mass is 131 g/mol. The maximum Gasteiger partial charge on any atom is 0.0161 e. The lowest BCUT2D eigenvalue weighted by Crippen LogP contribution is -2.34. The van der Waals surface area contributed by atoms with E-state index >= 15 is 0 Å². The van der Waals surface area contributed by atoms with Crippen molar-refractivity contribution < 1.29 is 0 Å².